The third kappa shape index (κ3) is 2.05. The standard InChI is InChI=1S/C14H19N3/c1-9-6-5-7-12(10(9)2)8-13-11(3)16-14(15)17(13)4/h5-7H,8H2,1-4H3,(H2,15,16). The van der Waals surface area contributed by atoms with Crippen molar-refractivity contribution in [3.8, 4) is 0 Å². The summed E-state index contributed by atoms with van der Waals surface area (Å²) in [6, 6.07) is 6.42. The van der Waals surface area contributed by atoms with E-state index in [1.54, 1.807) is 0 Å². The van der Waals surface area contributed by atoms with Crippen LogP contribution in [0.3, 0.4) is 0 Å². The van der Waals surface area contributed by atoms with Gasteiger partial charge < -0.3 is 10.3 Å². The van der Waals surface area contributed by atoms with Gasteiger partial charge in [-0.15, -0.1) is 0 Å². The largest absolute Gasteiger partial charge is 0.369 e. The molecule has 0 unspecified atom stereocenters. The van der Waals surface area contributed by atoms with Crippen LogP contribution in [0.4, 0.5) is 5.95 Å². The molecule has 3 nitrogen and oxygen atoms in total. The van der Waals surface area contributed by atoms with E-state index < -0.39 is 0 Å². The molecule has 2 rings (SSSR count). The van der Waals surface area contributed by atoms with Crippen LogP contribution in [0.1, 0.15) is 28.1 Å². The van der Waals surface area contributed by atoms with Gasteiger partial charge in [-0.3, -0.25) is 0 Å². The van der Waals surface area contributed by atoms with E-state index in [9.17, 15) is 0 Å². The lowest BCUT2D eigenvalue weighted by atomic mass is 9.99. The maximum absolute atomic E-state index is 5.81. The third-order valence-electron chi connectivity index (χ3n) is 3.52. The van der Waals surface area contributed by atoms with Gasteiger partial charge in [0.05, 0.1) is 5.69 Å². The maximum atomic E-state index is 5.81. The fourth-order valence-electron chi connectivity index (χ4n) is 2.12. The first-order valence-corrected chi connectivity index (χ1v) is 5.83. The molecule has 0 amide bonds. The SMILES string of the molecule is Cc1cccc(Cc2c(C)nc(N)n2C)c1C. The Hall–Kier alpha value is -1.77. The molecule has 17 heavy (non-hydrogen) atoms. The molecule has 0 saturated heterocycles. The number of anilines is 1. The predicted octanol–water partition coefficient (Wildman–Crippen LogP) is 2.52. The van der Waals surface area contributed by atoms with Crippen LogP contribution in [0, 0.1) is 20.8 Å². The van der Waals surface area contributed by atoms with Gasteiger partial charge in [-0.25, -0.2) is 4.98 Å². The lowest BCUT2D eigenvalue weighted by Gasteiger charge is -2.10. The van der Waals surface area contributed by atoms with Gasteiger partial charge >= 0.3 is 0 Å². The Morgan fingerprint density at radius 1 is 1.24 bits per heavy atom. The van der Waals surface area contributed by atoms with Gasteiger partial charge in [-0.1, -0.05) is 18.2 Å². The number of imidazole rings is 1. The minimum atomic E-state index is 0.586. The molecule has 1 heterocycles. The van der Waals surface area contributed by atoms with E-state index in [4.69, 9.17) is 5.73 Å². The third-order valence-corrected chi connectivity index (χ3v) is 3.52. The monoisotopic (exact) mass is 229 g/mol. The second kappa shape index (κ2) is 4.24. The van der Waals surface area contributed by atoms with Gasteiger partial charge in [0.1, 0.15) is 0 Å². The molecule has 0 saturated carbocycles. The first-order chi connectivity index (χ1) is 8.00. The molecule has 0 aliphatic heterocycles. The smallest absolute Gasteiger partial charge is 0.200 e. The summed E-state index contributed by atoms with van der Waals surface area (Å²) >= 11 is 0. The summed E-state index contributed by atoms with van der Waals surface area (Å²) in [4.78, 5) is 4.30. The van der Waals surface area contributed by atoms with Crippen molar-refractivity contribution >= 4 is 5.95 Å². The molecule has 0 fully saturated rings. The Morgan fingerprint density at radius 2 is 1.94 bits per heavy atom. The quantitative estimate of drug-likeness (QED) is 0.860. The van der Waals surface area contributed by atoms with Crippen molar-refractivity contribution in [1.29, 1.82) is 0 Å². The zero-order valence-electron chi connectivity index (χ0n) is 10.9. The summed E-state index contributed by atoms with van der Waals surface area (Å²) in [5, 5.41) is 0. The van der Waals surface area contributed by atoms with Crippen LogP contribution in [0.25, 0.3) is 0 Å². The summed E-state index contributed by atoms with van der Waals surface area (Å²) in [5.74, 6) is 0.586. The molecule has 90 valence electrons. The van der Waals surface area contributed by atoms with Crippen molar-refractivity contribution in [1.82, 2.24) is 9.55 Å². The lowest BCUT2D eigenvalue weighted by Crippen LogP contribution is -2.04. The van der Waals surface area contributed by atoms with Gasteiger partial charge in [-0.2, -0.15) is 0 Å². The van der Waals surface area contributed by atoms with Crippen molar-refractivity contribution in [3.05, 3.63) is 46.3 Å². The maximum Gasteiger partial charge on any atom is 0.200 e. The number of nitrogens with zero attached hydrogens (tertiary/aromatic N) is 2. The van der Waals surface area contributed by atoms with E-state index in [0.29, 0.717) is 5.95 Å². The minimum Gasteiger partial charge on any atom is -0.369 e. The van der Waals surface area contributed by atoms with Gasteiger partial charge in [0, 0.05) is 19.2 Å². The van der Waals surface area contributed by atoms with Crippen LogP contribution in [0.15, 0.2) is 18.2 Å². The number of nitrogen functional groups attached to an aromatic ring is 1. The van der Waals surface area contributed by atoms with E-state index >= 15 is 0 Å². The molecule has 1 aromatic heterocycles. The molecule has 0 bridgehead atoms. The Balaban J connectivity index is 2.41. The van der Waals surface area contributed by atoms with Crippen molar-refractivity contribution in [2.45, 2.75) is 27.2 Å². The van der Waals surface area contributed by atoms with Crippen molar-refractivity contribution in [2.75, 3.05) is 5.73 Å². The van der Waals surface area contributed by atoms with Crippen molar-refractivity contribution in [2.24, 2.45) is 7.05 Å². The molecule has 1 aromatic carbocycles. The second-order valence-electron chi connectivity index (χ2n) is 4.60. The predicted molar refractivity (Wildman–Crippen MR) is 71.1 cm³/mol. The Kier molecular flexibility index (Phi) is 2.92. The number of rotatable bonds is 2. The summed E-state index contributed by atoms with van der Waals surface area (Å²) in [5.41, 5.74) is 12.1. The highest BCUT2D eigenvalue weighted by atomic mass is 15.1. The molecule has 2 aromatic rings. The van der Waals surface area contributed by atoms with Gasteiger partial charge in [0.15, 0.2) is 5.95 Å². The number of hydrogen-bond acceptors (Lipinski definition) is 2. The summed E-state index contributed by atoms with van der Waals surface area (Å²) < 4.78 is 1.97. The van der Waals surface area contributed by atoms with Crippen LogP contribution in [0.2, 0.25) is 0 Å². The fraction of sp³-hybridized carbons (Fsp3) is 0.357. The van der Waals surface area contributed by atoms with E-state index in [1.165, 1.54) is 22.4 Å². The van der Waals surface area contributed by atoms with E-state index in [-0.39, 0.29) is 0 Å². The Labute approximate surface area is 102 Å². The molecule has 0 aliphatic carbocycles. The molecule has 2 N–H and O–H groups in total. The highest BCUT2D eigenvalue weighted by Gasteiger charge is 2.11. The van der Waals surface area contributed by atoms with Crippen LogP contribution in [0.5, 0.6) is 0 Å². The molecule has 0 radical (unpaired) electrons. The number of aryl methyl sites for hydroxylation is 2. The molecule has 0 atom stereocenters. The van der Waals surface area contributed by atoms with Crippen LogP contribution < -0.4 is 5.73 Å². The number of aromatic nitrogens is 2. The summed E-state index contributed by atoms with van der Waals surface area (Å²) in [6.07, 6.45) is 0.889. The van der Waals surface area contributed by atoms with E-state index in [2.05, 4.69) is 37.0 Å². The van der Waals surface area contributed by atoms with Crippen LogP contribution >= 0.6 is 0 Å². The topological polar surface area (TPSA) is 43.8 Å². The zero-order chi connectivity index (χ0) is 12.6. The fourth-order valence-corrected chi connectivity index (χ4v) is 2.12. The normalized spacial score (nSPS) is 10.8. The van der Waals surface area contributed by atoms with Crippen LogP contribution in [-0.2, 0) is 13.5 Å². The highest BCUT2D eigenvalue weighted by molar-refractivity contribution is 5.38. The van der Waals surface area contributed by atoms with Crippen molar-refractivity contribution < 1.29 is 0 Å². The average Bonchev–Trinajstić information content (AvgIpc) is 2.51. The number of nitrogens with two attached hydrogens (primary N) is 1. The van der Waals surface area contributed by atoms with E-state index in [0.717, 1.165) is 12.1 Å². The van der Waals surface area contributed by atoms with Gasteiger partial charge in [0.2, 0.25) is 0 Å². The molecular weight excluding hydrogens is 210 g/mol. The van der Waals surface area contributed by atoms with Gasteiger partial charge in [-0.05, 0) is 37.5 Å². The zero-order valence-corrected chi connectivity index (χ0v) is 10.9. The first kappa shape index (κ1) is 11.7. The summed E-state index contributed by atoms with van der Waals surface area (Å²) in [7, 11) is 1.97. The molecular formula is C14H19N3. The van der Waals surface area contributed by atoms with E-state index in [1.807, 2.05) is 18.5 Å². The Bertz CT molecular complexity index is 553. The number of benzene rings is 1. The lowest BCUT2D eigenvalue weighted by molar-refractivity contribution is 0.850. The number of hydrogen-bond donors (Lipinski definition) is 1. The second-order valence-corrected chi connectivity index (χ2v) is 4.60. The minimum absolute atomic E-state index is 0.586. The molecule has 0 aliphatic rings. The average molecular weight is 229 g/mol. The van der Waals surface area contributed by atoms with Crippen molar-refractivity contribution in [3.63, 3.8) is 0 Å². The summed E-state index contributed by atoms with van der Waals surface area (Å²) in [6.45, 7) is 6.32. The molecule has 0 spiro atoms. The highest BCUT2D eigenvalue weighted by Crippen LogP contribution is 2.20. The van der Waals surface area contributed by atoms with Crippen LogP contribution in [-0.4, -0.2) is 9.55 Å². The Morgan fingerprint density at radius 3 is 2.53 bits per heavy atom. The first-order valence-electron chi connectivity index (χ1n) is 5.83. The molecule has 3 heteroatoms. The van der Waals surface area contributed by atoms with Gasteiger partial charge in [0.25, 0.3) is 0 Å².